The second kappa shape index (κ2) is 7.62. The highest BCUT2D eigenvalue weighted by molar-refractivity contribution is 7.09. The highest BCUT2D eigenvalue weighted by Crippen LogP contribution is 2.09. The molecule has 0 saturated heterocycles. The van der Waals surface area contributed by atoms with Gasteiger partial charge in [-0.25, -0.2) is 4.98 Å². The maximum absolute atomic E-state index is 11.5. The van der Waals surface area contributed by atoms with Gasteiger partial charge in [-0.2, -0.15) is 0 Å². The summed E-state index contributed by atoms with van der Waals surface area (Å²) in [6.07, 6.45) is 0.695. The molecule has 0 saturated carbocycles. The van der Waals surface area contributed by atoms with Crippen molar-refractivity contribution in [2.75, 3.05) is 13.1 Å². The largest absolute Gasteiger partial charge is 0.346 e. The van der Waals surface area contributed by atoms with Gasteiger partial charge in [-0.15, -0.1) is 23.7 Å². The predicted molar refractivity (Wildman–Crippen MR) is 69.4 cm³/mol. The number of carbonyl (C=O) groups excluding carboxylic acids is 1. The quantitative estimate of drug-likeness (QED) is 0.861. The number of halogens is 2. The fourth-order valence-corrected chi connectivity index (χ4v) is 1.78. The van der Waals surface area contributed by atoms with Gasteiger partial charge in [0, 0.05) is 16.8 Å². The van der Waals surface area contributed by atoms with Crippen molar-refractivity contribution in [1.29, 1.82) is 0 Å². The first-order valence-electron chi connectivity index (χ1n) is 4.39. The Morgan fingerprint density at radius 1 is 1.69 bits per heavy atom. The van der Waals surface area contributed by atoms with E-state index in [9.17, 15) is 4.79 Å². The van der Waals surface area contributed by atoms with E-state index < -0.39 is 0 Å². The van der Waals surface area contributed by atoms with Crippen molar-refractivity contribution in [1.82, 2.24) is 10.3 Å². The molecule has 1 rings (SSSR count). The third kappa shape index (κ3) is 4.94. The molecule has 1 aromatic heterocycles. The molecule has 16 heavy (non-hydrogen) atoms. The molecule has 0 aromatic carbocycles. The van der Waals surface area contributed by atoms with Gasteiger partial charge in [0.15, 0.2) is 0 Å². The van der Waals surface area contributed by atoms with Crippen molar-refractivity contribution < 1.29 is 4.79 Å². The third-order valence-electron chi connectivity index (χ3n) is 1.58. The zero-order chi connectivity index (χ0) is 11.3. The Bertz CT molecular complexity index is 367. The molecule has 1 heterocycles. The van der Waals surface area contributed by atoms with Crippen molar-refractivity contribution in [3.63, 3.8) is 0 Å². The number of amides is 1. The summed E-state index contributed by atoms with van der Waals surface area (Å²) in [7, 11) is 0. The second-order valence-corrected chi connectivity index (χ2v) is 4.34. The minimum atomic E-state index is -0.240. The summed E-state index contributed by atoms with van der Waals surface area (Å²) >= 11 is 6.95. The van der Waals surface area contributed by atoms with Gasteiger partial charge < -0.3 is 11.1 Å². The van der Waals surface area contributed by atoms with E-state index in [1.165, 1.54) is 11.3 Å². The van der Waals surface area contributed by atoms with E-state index in [4.69, 9.17) is 17.3 Å². The molecule has 0 aliphatic carbocycles. The first-order chi connectivity index (χ1) is 7.13. The SMILES string of the molecule is C=C(Cl)CNC(=O)c1csc(CCN)n1.Cl. The summed E-state index contributed by atoms with van der Waals surface area (Å²) in [6, 6.07) is 0. The molecule has 90 valence electrons. The van der Waals surface area contributed by atoms with Gasteiger partial charge in [-0.1, -0.05) is 18.2 Å². The van der Waals surface area contributed by atoms with Crippen LogP contribution in [0.2, 0.25) is 0 Å². The van der Waals surface area contributed by atoms with Gasteiger partial charge in [-0.3, -0.25) is 4.79 Å². The number of aromatic nitrogens is 1. The Balaban J connectivity index is 0.00000225. The molecule has 7 heteroatoms. The van der Waals surface area contributed by atoms with E-state index >= 15 is 0 Å². The fourth-order valence-electron chi connectivity index (χ4n) is 0.920. The Morgan fingerprint density at radius 3 is 2.94 bits per heavy atom. The lowest BCUT2D eigenvalue weighted by Crippen LogP contribution is -2.24. The van der Waals surface area contributed by atoms with Crippen LogP contribution < -0.4 is 11.1 Å². The number of hydrogen-bond acceptors (Lipinski definition) is 4. The molecule has 0 bridgehead atoms. The van der Waals surface area contributed by atoms with Crippen LogP contribution in [0.5, 0.6) is 0 Å². The number of thiazole rings is 1. The van der Waals surface area contributed by atoms with Crippen molar-refractivity contribution in [3.05, 3.63) is 27.7 Å². The normalized spacial score (nSPS) is 9.38. The lowest BCUT2D eigenvalue weighted by Gasteiger charge is -1.99. The van der Waals surface area contributed by atoms with Crippen LogP contribution in [0, 0.1) is 0 Å². The zero-order valence-corrected chi connectivity index (χ0v) is 10.9. The molecule has 3 N–H and O–H groups in total. The van der Waals surface area contributed by atoms with E-state index in [0.717, 1.165) is 5.01 Å². The number of rotatable bonds is 5. The van der Waals surface area contributed by atoms with Gasteiger partial charge in [0.25, 0.3) is 5.91 Å². The molecule has 0 radical (unpaired) electrons. The lowest BCUT2D eigenvalue weighted by molar-refractivity contribution is 0.0953. The molecule has 0 atom stereocenters. The standard InChI is InChI=1S/C9H12ClN3OS.ClH/c1-6(10)4-12-9(14)7-5-15-8(13-7)2-3-11;/h5H,1-4,11H2,(H,12,14);1H. The molecule has 1 amide bonds. The van der Waals surface area contributed by atoms with Crippen LogP contribution in [0.1, 0.15) is 15.5 Å². The smallest absolute Gasteiger partial charge is 0.271 e. The topological polar surface area (TPSA) is 68.0 Å². The summed E-state index contributed by atoms with van der Waals surface area (Å²) in [4.78, 5) is 15.6. The van der Waals surface area contributed by atoms with Crippen LogP contribution in [-0.2, 0) is 6.42 Å². The summed E-state index contributed by atoms with van der Waals surface area (Å²) in [5.41, 5.74) is 5.79. The molecule has 0 spiro atoms. The maximum Gasteiger partial charge on any atom is 0.271 e. The second-order valence-electron chi connectivity index (χ2n) is 2.87. The molecule has 1 aromatic rings. The van der Waals surface area contributed by atoms with Crippen molar-refractivity contribution in [2.45, 2.75) is 6.42 Å². The maximum atomic E-state index is 11.5. The minimum absolute atomic E-state index is 0. The van der Waals surface area contributed by atoms with E-state index in [0.29, 0.717) is 23.7 Å². The average molecular weight is 282 g/mol. The monoisotopic (exact) mass is 281 g/mol. The number of carbonyl (C=O) groups is 1. The molecule has 0 unspecified atom stereocenters. The van der Waals surface area contributed by atoms with Gasteiger partial charge >= 0.3 is 0 Å². The van der Waals surface area contributed by atoms with Gasteiger partial charge in [0.05, 0.1) is 11.6 Å². The molecular weight excluding hydrogens is 269 g/mol. The molecule has 0 aliphatic rings. The van der Waals surface area contributed by atoms with Crippen LogP contribution in [0.3, 0.4) is 0 Å². The van der Waals surface area contributed by atoms with Gasteiger partial charge in [-0.05, 0) is 6.54 Å². The Morgan fingerprint density at radius 2 is 2.38 bits per heavy atom. The van der Waals surface area contributed by atoms with E-state index in [2.05, 4.69) is 16.9 Å². The first kappa shape index (κ1) is 15.4. The molecule has 0 fully saturated rings. The van der Waals surface area contributed by atoms with Crippen LogP contribution in [0.15, 0.2) is 17.0 Å². The number of nitrogens with one attached hydrogen (secondary N) is 1. The Hall–Kier alpha value is -0.620. The van der Waals surface area contributed by atoms with Crippen molar-refractivity contribution in [3.8, 4) is 0 Å². The minimum Gasteiger partial charge on any atom is -0.346 e. The molecule has 0 aliphatic heterocycles. The summed E-state index contributed by atoms with van der Waals surface area (Å²) in [6.45, 7) is 4.26. The third-order valence-corrected chi connectivity index (χ3v) is 2.63. The van der Waals surface area contributed by atoms with Crippen LogP contribution in [0.4, 0.5) is 0 Å². The molecular formula is C9H13Cl2N3OS. The number of nitrogens with zero attached hydrogens (tertiary/aromatic N) is 1. The fraction of sp³-hybridized carbons (Fsp3) is 0.333. The van der Waals surface area contributed by atoms with Crippen molar-refractivity contribution >= 4 is 41.3 Å². The highest BCUT2D eigenvalue weighted by Gasteiger charge is 2.09. The van der Waals surface area contributed by atoms with Crippen LogP contribution in [0.25, 0.3) is 0 Å². The highest BCUT2D eigenvalue weighted by atomic mass is 35.5. The molecule has 4 nitrogen and oxygen atoms in total. The van der Waals surface area contributed by atoms with Gasteiger partial charge in [0.1, 0.15) is 5.69 Å². The van der Waals surface area contributed by atoms with Gasteiger partial charge in [0.2, 0.25) is 0 Å². The summed E-state index contributed by atoms with van der Waals surface area (Å²) < 4.78 is 0. The van der Waals surface area contributed by atoms with Crippen LogP contribution in [-0.4, -0.2) is 24.0 Å². The summed E-state index contributed by atoms with van der Waals surface area (Å²) in [5, 5.41) is 5.56. The zero-order valence-electron chi connectivity index (χ0n) is 8.53. The Kier molecular flexibility index (Phi) is 7.33. The van der Waals surface area contributed by atoms with E-state index in [-0.39, 0.29) is 24.9 Å². The predicted octanol–water partition coefficient (Wildman–Crippen LogP) is 1.55. The first-order valence-corrected chi connectivity index (χ1v) is 5.65. The Labute approximate surface area is 109 Å². The average Bonchev–Trinajstić information content (AvgIpc) is 2.63. The summed E-state index contributed by atoms with van der Waals surface area (Å²) in [5.74, 6) is -0.240. The van der Waals surface area contributed by atoms with Crippen molar-refractivity contribution in [2.24, 2.45) is 5.73 Å². The number of hydrogen-bond donors (Lipinski definition) is 2. The van der Waals surface area contributed by atoms with E-state index in [1.54, 1.807) is 5.38 Å². The lowest BCUT2D eigenvalue weighted by atomic mass is 10.4. The number of nitrogens with two attached hydrogens (primary N) is 1. The van der Waals surface area contributed by atoms with Crippen LogP contribution >= 0.6 is 35.3 Å². The van der Waals surface area contributed by atoms with E-state index in [1.807, 2.05) is 0 Å².